The fraction of sp³-hybridized carbons (Fsp3) is 0.167. The number of esters is 1. The molecule has 0 amide bonds. The maximum Gasteiger partial charge on any atom is 0.339 e. The van der Waals surface area contributed by atoms with E-state index in [2.05, 4.69) is 4.98 Å². The van der Waals surface area contributed by atoms with Crippen LogP contribution >= 0.6 is 0 Å². The minimum absolute atomic E-state index is 0.0809. The molecule has 11 heteroatoms. The number of hydrogen-bond acceptors (Lipinski definition) is 8. The second kappa shape index (κ2) is 8.93. The summed E-state index contributed by atoms with van der Waals surface area (Å²) in [6.07, 6.45) is 1.42. The molecule has 0 bridgehead atoms. The Hall–Kier alpha value is -4.09. The van der Waals surface area contributed by atoms with Gasteiger partial charge in [-0.25, -0.2) is 13.2 Å². The molecule has 4 aromatic rings. The lowest BCUT2D eigenvalue weighted by Crippen LogP contribution is -2.33. The lowest BCUT2D eigenvalue weighted by Gasteiger charge is -2.22. The van der Waals surface area contributed by atoms with E-state index in [0.29, 0.717) is 28.2 Å². The maximum absolute atomic E-state index is 13.8. The van der Waals surface area contributed by atoms with E-state index in [9.17, 15) is 18.0 Å². The van der Waals surface area contributed by atoms with Crippen LogP contribution in [0.15, 0.2) is 75.0 Å². The molecule has 1 N–H and O–H groups in total. The Morgan fingerprint density at radius 3 is 2.57 bits per heavy atom. The third-order valence-corrected chi connectivity index (χ3v) is 7.43. The first-order chi connectivity index (χ1) is 16.9. The Bertz CT molecular complexity index is 1580. The van der Waals surface area contributed by atoms with Crippen LogP contribution in [-0.4, -0.2) is 37.6 Å². The van der Waals surface area contributed by atoms with Crippen molar-refractivity contribution in [3.05, 3.63) is 88.1 Å². The molecule has 5 rings (SSSR count). The van der Waals surface area contributed by atoms with Crippen LogP contribution in [-0.2, 0) is 27.8 Å². The van der Waals surface area contributed by atoms with Gasteiger partial charge in [0.25, 0.3) is 5.56 Å². The molecule has 2 aromatic heterocycles. The van der Waals surface area contributed by atoms with Gasteiger partial charge in [0.05, 0.1) is 35.9 Å². The highest BCUT2D eigenvalue weighted by atomic mass is 32.2. The molecule has 0 saturated carbocycles. The molecule has 0 saturated heterocycles. The Morgan fingerprint density at radius 2 is 1.83 bits per heavy atom. The summed E-state index contributed by atoms with van der Waals surface area (Å²) in [6, 6.07) is 14.0. The minimum atomic E-state index is -4.27. The monoisotopic (exact) mass is 496 g/mol. The van der Waals surface area contributed by atoms with Gasteiger partial charge in [0.1, 0.15) is 5.76 Å². The number of methoxy groups -OCH3 is 1. The highest BCUT2D eigenvalue weighted by Gasteiger charge is 2.31. The first-order valence-electron chi connectivity index (χ1n) is 10.5. The summed E-state index contributed by atoms with van der Waals surface area (Å²) < 4.78 is 49.5. The van der Waals surface area contributed by atoms with Crippen molar-refractivity contribution in [3.63, 3.8) is 0 Å². The van der Waals surface area contributed by atoms with Gasteiger partial charge in [-0.3, -0.25) is 4.79 Å². The average molecular weight is 496 g/mol. The number of pyridine rings is 1. The zero-order valence-corrected chi connectivity index (χ0v) is 19.3. The molecule has 1 aliphatic heterocycles. The topological polar surface area (TPSA) is 128 Å². The molecule has 3 heterocycles. The van der Waals surface area contributed by atoms with Crippen molar-refractivity contribution < 1.29 is 31.8 Å². The van der Waals surface area contributed by atoms with Crippen molar-refractivity contribution in [2.75, 3.05) is 13.9 Å². The van der Waals surface area contributed by atoms with Crippen LogP contribution in [0.25, 0.3) is 10.9 Å². The number of ether oxygens (including phenoxy) is 3. The predicted octanol–water partition coefficient (Wildman–Crippen LogP) is 3.03. The molecule has 10 nitrogen and oxygen atoms in total. The molecule has 0 atom stereocenters. The number of nitrogens with zero attached hydrogens (tertiary/aromatic N) is 1. The SMILES string of the molecule is COC(=O)c1ccccc1S(=O)(=O)N(Cc1ccco1)Cc1cc2cc3c(cc2[nH]c1=O)OCO3. The van der Waals surface area contributed by atoms with Gasteiger partial charge < -0.3 is 23.6 Å². The van der Waals surface area contributed by atoms with Crippen LogP contribution in [0.5, 0.6) is 11.5 Å². The van der Waals surface area contributed by atoms with Crippen LogP contribution in [0.1, 0.15) is 21.7 Å². The second-order valence-electron chi connectivity index (χ2n) is 7.76. The standard InChI is InChI=1S/C24H20N2O8S/c1-31-24(28)18-6-2-3-7-22(18)35(29,30)26(13-17-5-4-8-32-17)12-16-9-15-10-20-21(34-14-33-20)11-19(15)25-23(16)27/h2-11H,12-14H2,1H3,(H,25,27). The third kappa shape index (κ3) is 4.27. The average Bonchev–Trinajstić information content (AvgIpc) is 3.54. The number of sulfonamides is 1. The molecule has 0 spiro atoms. The highest BCUT2D eigenvalue weighted by molar-refractivity contribution is 7.89. The van der Waals surface area contributed by atoms with Crippen molar-refractivity contribution in [2.45, 2.75) is 18.0 Å². The van der Waals surface area contributed by atoms with Gasteiger partial charge in [0, 0.05) is 23.6 Å². The van der Waals surface area contributed by atoms with E-state index in [-0.39, 0.29) is 35.9 Å². The van der Waals surface area contributed by atoms with Gasteiger partial charge in [-0.05, 0) is 36.4 Å². The van der Waals surface area contributed by atoms with Crippen molar-refractivity contribution in [3.8, 4) is 11.5 Å². The number of hydrogen-bond donors (Lipinski definition) is 1. The number of H-pyrrole nitrogens is 1. The second-order valence-corrected chi connectivity index (χ2v) is 9.66. The van der Waals surface area contributed by atoms with E-state index in [4.69, 9.17) is 18.6 Å². The van der Waals surface area contributed by atoms with Gasteiger partial charge in [-0.2, -0.15) is 4.31 Å². The Morgan fingerprint density at radius 1 is 1.06 bits per heavy atom. The number of rotatable bonds is 7. The van der Waals surface area contributed by atoms with Crippen molar-refractivity contribution in [1.82, 2.24) is 9.29 Å². The largest absolute Gasteiger partial charge is 0.468 e. The van der Waals surface area contributed by atoms with E-state index in [1.807, 2.05) is 0 Å². The highest BCUT2D eigenvalue weighted by Crippen LogP contribution is 2.35. The first-order valence-corrected chi connectivity index (χ1v) is 12.0. The number of carbonyl (C=O) groups is 1. The summed E-state index contributed by atoms with van der Waals surface area (Å²) in [6.45, 7) is -0.362. The van der Waals surface area contributed by atoms with E-state index in [1.165, 1.54) is 31.6 Å². The molecule has 35 heavy (non-hydrogen) atoms. The molecule has 0 unspecified atom stereocenters. The molecule has 0 fully saturated rings. The van der Waals surface area contributed by atoms with Gasteiger partial charge in [0.2, 0.25) is 16.8 Å². The van der Waals surface area contributed by atoms with Gasteiger partial charge >= 0.3 is 5.97 Å². The summed E-state index contributed by atoms with van der Waals surface area (Å²) in [4.78, 5) is 27.7. The molecular formula is C24H20N2O8S. The van der Waals surface area contributed by atoms with E-state index in [1.54, 1.807) is 36.4 Å². The normalized spacial score (nSPS) is 12.9. The Kier molecular flexibility index (Phi) is 5.79. The maximum atomic E-state index is 13.8. The van der Waals surface area contributed by atoms with Crippen LogP contribution in [0.3, 0.4) is 0 Å². The van der Waals surface area contributed by atoms with Crippen LogP contribution in [0.4, 0.5) is 0 Å². The fourth-order valence-electron chi connectivity index (χ4n) is 3.86. The smallest absolute Gasteiger partial charge is 0.339 e. The number of benzene rings is 2. The summed E-state index contributed by atoms with van der Waals surface area (Å²) in [7, 11) is -3.09. The number of nitrogens with one attached hydrogen (secondary N) is 1. The molecule has 180 valence electrons. The number of carbonyl (C=O) groups excluding carboxylic acids is 1. The molecule has 1 aliphatic rings. The number of fused-ring (bicyclic) bond motifs is 2. The van der Waals surface area contributed by atoms with E-state index < -0.39 is 21.6 Å². The summed E-state index contributed by atoms with van der Waals surface area (Å²) >= 11 is 0. The van der Waals surface area contributed by atoms with Gasteiger partial charge in [0.15, 0.2) is 11.5 Å². The summed E-state index contributed by atoms with van der Waals surface area (Å²) in [5.74, 6) is 0.622. The molecule has 0 aliphatic carbocycles. The van der Waals surface area contributed by atoms with Crippen LogP contribution in [0, 0.1) is 0 Å². The molecule has 2 aromatic carbocycles. The lowest BCUT2D eigenvalue weighted by molar-refractivity contribution is 0.0596. The number of furan rings is 1. The Balaban J connectivity index is 1.59. The lowest BCUT2D eigenvalue weighted by atomic mass is 10.1. The third-order valence-electron chi connectivity index (χ3n) is 5.58. The summed E-state index contributed by atoms with van der Waals surface area (Å²) in [5.41, 5.74) is 0.151. The zero-order valence-electron chi connectivity index (χ0n) is 18.5. The van der Waals surface area contributed by atoms with E-state index >= 15 is 0 Å². The molecular weight excluding hydrogens is 476 g/mol. The minimum Gasteiger partial charge on any atom is -0.468 e. The van der Waals surface area contributed by atoms with E-state index in [0.717, 1.165) is 4.31 Å². The van der Waals surface area contributed by atoms with Crippen LogP contribution in [0.2, 0.25) is 0 Å². The number of aromatic amines is 1. The van der Waals surface area contributed by atoms with Crippen molar-refractivity contribution in [2.24, 2.45) is 0 Å². The van der Waals surface area contributed by atoms with Gasteiger partial charge in [-0.1, -0.05) is 12.1 Å². The van der Waals surface area contributed by atoms with Gasteiger partial charge in [-0.15, -0.1) is 0 Å². The first kappa shape index (κ1) is 22.7. The zero-order chi connectivity index (χ0) is 24.6. The van der Waals surface area contributed by atoms with Crippen molar-refractivity contribution >= 4 is 26.9 Å². The predicted molar refractivity (Wildman–Crippen MR) is 124 cm³/mol. The Labute approximate surface area is 199 Å². The van der Waals surface area contributed by atoms with Crippen molar-refractivity contribution in [1.29, 1.82) is 0 Å². The molecule has 0 radical (unpaired) electrons. The quantitative estimate of drug-likeness (QED) is 0.387. The fourth-order valence-corrected chi connectivity index (χ4v) is 5.42. The summed E-state index contributed by atoms with van der Waals surface area (Å²) in [5, 5.41) is 0.647. The van der Waals surface area contributed by atoms with Crippen LogP contribution < -0.4 is 15.0 Å². The number of aromatic nitrogens is 1.